The molecule has 0 radical (unpaired) electrons. The van der Waals surface area contributed by atoms with Crippen LogP contribution in [0.15, 0.2) is 48.5 Å². The van der Waals surface area contributed by atoms with E-state index >= 15 is 0 Å². The van der Waals surface area contributed by atoms with E-state index in [9.17, 15) is 14.7 Å². The van der Waals surface area contributed by atoms with E-state index in [1.807, 2.05) is 48.0 Å². The lowest BCUT2D eigenvalue weighted by atomic mass is 9.98. The molecular weight excluding hydrogens is 378 g/mol. The molecular formula is C24H27N3O3. The van der Waals surface area contributed by atoms with Crippen molar-refractivity contribution >= 4 is 11.8 Å². The number of hydrogen-bond acceptors (Lipinski definition) is 4. The second-order valence-corrected chi connectivity index (χ2v) is 7.33. The van der Waals surface area contributed by atoms with Gasteiger partial charge in [-0.05, 0) is 35.6 Å². The van der Waals surface area contributed by atoms with Crippen LogP contribution in [-0.4, -0.2) is 31.6 Å². The summed E-state index contributed by atoms with van der Waals surface area (Å²) in [5.41, 5.74) is 2.85. The fourth-order valence-electron chi connectivity index (χ4n) is 3.36. The van der Waals surface area contributed by atoms with E-state index in [2.05, 4.69) is 17.0 Å². The van der Waals surface area contributed by atoms with Crippen molar-refractivity contribution in [3.63, 3.8) is 0 Å². The Balaban J connectivity index is 1.84. The van der Waals surface area contributed by atoms with E-state index in [0.717, 1.165) is 42.8 Å². The minimum absolute atomic E-state index is 0.0189. The van der Waals surface area contributed by atoms with Crippen molar-refractivity contribution < 1.29 is 14.7 Å². The maximum atomic E-state index is 12.2. The average molecular weight is 405 g/mol. The second-order valence-electron chi connectivity index (χ2n) is 7.33. The standard InChI is InChI=1S/C24H27N3O3/c1-3-5-15-27-22(25-23(26-27)21(28)8-4-2)16-17-11-13-18(14-12-17)19-9-6-7-10-20(19)24(29)30/h6-7,9-14H,3-5,8,15-16H2,1-2H3,(H,29,30). The molecule has 0 saturated carbocycles. The third-order valence-electron chi connectivity index (χ3n) is 4.98. The van der Waals surface area contributed by atoms with Crippen LogP contribution in [0.3, 0.4) is 0 Å². The predicted molar refractivity (Wildman–Crippen MR) is 116 cm³/mol. The number of carbonyl (C=O) groups excluding carboxylic acids is 1. The van der Waals surface area contributed by atoms with Crippen LogP contribution in [-0.2, 0) is 13.0 Å². The van der Waals surface area contributed by atoms with E-state index in [4.69, 9.17) is 0 Å². The van der Waals surface area contributed by atoms with E-state index in [-0.39, 0.29) is 11.3 Å². The molecule has 0 spiro atoms. The number of carboxylic acids is 1. The zero-order chi connectivity index (χ0) is 21.5. The number of aryl methyl sites for hydroxylation is 1. The van der Waals surface area contributed by atoms with Gasteiger partial charge in [0.15, 0.2) is 0 Å². The summed E-state index contributed by atoms with van der Waals surface area (Å²) in [6, 6.07) is 14.8. The lowest BCUT2D eigenvalue weighted by Crippen LogP contribution is -2.07. The van der Waals surface area contributed by atoms with Crippen LogP contribution >= 0.6 is 0 Å². The molecule has 0 fully saturated rings. The first-order chi connectivity index (χ1) is 14.5. The first kappa shape index (κ1) is 21.4. The summed E-state index contributed by atoms with van der Waals surface area (Å²) in [5, 5.41) is 13.9. The molecule has 0 unspecified atom stereocenters. The van der Waals surface area contributed by atoms with E-state index in [0.29, 0.717) is 24.2 Å². The zero-order valence-electron chi connectivity index (χ0n) is 17.5. The summed E-state index contributed by atoms with van der Waals surface area (Å²) in [7, 11) is 0. The van der Waals surface area contributed by atoms with Crippen LogP contribution in [0, 0.1) is 0 Å². The van der Waals surface area contributed by atoms with Crippen molar-refractivity contribution in [2.75, 3.05) is 0 Å². The zero-order valence-corrected chi connectivity index (χ0v) is 17.5. The minimum Gasteiger partial charge on any atom is -0.478 e. The molecule has 1 heterocycles. The Bertz CT molecular complexity index is 1020. The topological polar surface area (TPSA) is 85.1 Å². The highest BCUT2D eigenvalue weighted by Gasteiger charge is 2.16. The Morgan fingerprint density at radius 1 is 1.00 bits per heavy atom. The number of nitrogens with zero attached hydrogens (tertiary/aromatic N) is 3. The van der Waals surface area contributed by atoms with Gasteiger partial charge < -0.3 is 5.11 Å². The highest BCUT2D eigenvalue weighted by molar-refractivity contribution is 5.96. The number of rotatable bonds is 10. The SMILES string of the molecule is CCCCn1nc(C(=O)CCC)nc1Cc1ccc(-c2ccccc2C(=O)O)cc1. The third-order valence-corrected chi connectivity index (χ3v) is 4.98. The van der Waals surface area contributed by atoms with Crippen LogP contribution in [0.4, 0.5) is 0 Å². The summed E-state index contributed by atoms with van der Waals surface area (Å²) in [6.45, 7) is 4.83. The monoisotopic (exact) mass is 405 g/mol. The van der Waals surface area contributed by atoms with Gasteiger partial charge in [-0.3, -0.25) is 4.79 Å². The molecule has 0 atom stereocenters. The van der Waals surface area contributed by atoms with Crippen molar-refractivity contribution in [3.05, 3.63) is 71.3 Å². The fraction of sp³-hybridized carbons (Fsp3) is 0.333. The number of aromatic carboxylic acids is 1. The Kier molecular flexibility index (Phi) is 7.12. The molecule has 2 aromatic carbocycles. The van der Waals surface area contributed by atoms with Crippen molar-refractivity contribution in [3.8, 4) is 11.1 Å². The molecule has 0 saturated heterocycles. The van der Waals surface area contributed by atoms with E-state index in [1.54, 1.807) is 12.1 Å². The first-order valence-corrected chi connectivity index (χ1v) is 10.4. The second kappa shape index (κ2) is 9.96. The maximum absolute atomic E-state index is 12.2. The first-order valence-electron chi connectivity index (χ1n) is 10.4. The summed E-state index contributed by atoms with van der Waals surface area (Å²) in [4.78, 5) is 28.2. The van der Waals surface area contributed by atoms with Crippen LogP contribution in [0.2, 0.25) is 0 Å². The number of benzene rings is 2. The largest absolute Gasteiger partial charge is 0.478 e. The maximum Gasteiger partial charge on any atom is 0.336 e. The van der Waals surface area contributed by atoms with Crippen LogP contribution in [0.5, 0.6) is 0 Å². The summed E-state index contributed by atoms with van der Waals surface area (Å²) >= 11 is 0. The smallest absolute Gasteiger partial charge is 0.336 e. The lowest BCUT2D eigenvalue weighted by Gasteiger charge is -2.08. The molecule has 0 amide bonds. The molecule has 6 heteroatoms. The Labute approximate surface area is 176 Å². The molecule has 0 aliphatic rings. The van der Waals surface area contributed by atoms with Gasteiger partial charge in [0.2, 0.25) is 11.6 Å². The van der Waals surface area contributed by atoms with Crippen molar-refractivity contribution in [1.29, 1.82) is 0 Å². The Hall–Kier alpha value is -3.28. The number of carboxylic acid groups (broad SMARTS) is 1. The third kappa shape index (κ3) is 5.00. The van der Waals surface area contributed by atoms with Gasteiger partial charge in [-0.1, -0.05) is 62.7 Å². The van der Waals surface area contributed by atoms with Gasteiger partial charge in [0.25, 0.3) is 0 Å². The molecule has 3 rings (SSSR count). The Morgan fingerprint density at radius 2 is 1.73 bits per heavy atom. The van der Waals surface area contributed by atoms with Gasteiger partial charge in [0, 0.05) is 19.4 Å². The van der Waals surface area contributed by atoms with Crippen molar-refractivity contribution in [2.45, 2.75) is 52.5 Å². The van der Waals surface area contributed by atoms with Crippen molar-refractivity contribution in [2.24, 2.45) is 0 Å². The minimum atomic E-state index is -0.942. The van der Waals surface area contributed by atoms with Crippen LogP contribution in [0.1, 0.15) is 71.9 Å². The van der Waals surface area contributed by atoms with Gasteiger partial charge in [0.05, 0.1) is 5.56 Å². The number of aromatic nitrogens is 3. The number of ketones is 1. The predicted octanol–water partition coefficient (Wildman–Crippen LogP) is 5.02. The molecule has 1 aromatic heterocycles. The van der Waals surface area contributed by atoms with Gasteiger partial charge in [-0.15, -0.1) is 5.10 Å². The molecule has 1 N–H and O–H groups in total. The fourth-order valence-corrected chi connectivity index (χ4v) is 3.36. The molecule has 3 aromatic rings. The van der Waals surface area contributed by atoms with Crippen LogP contribution in [0.25, 0.3) is 11.1 Å². The lowest BCUT2D eigenvalue weighted by molar-refractivity contribution is 0.0697. The molecule has 30 heavy (non-hydrogen) atoms. The van der Waals surface area contributed by atoms with Gasteiger partial charge in [-0.25, -0.2) is 14.5 Å². The highest BCUT2D eigenvalue weighted by atomic mass is 16.4. The van der Waals surface area contributed by atoms with Crippen molar-refractivity contribution in [1.82, 2.24) is 14.8 Å². The van der Waals surface area contributed by atoms with Gasteiger partial charge in [-0.2, -0.15) is 0 Å². The molecule has 0 aliphatic carbocycles. The molecule has 6 nitrogen and oxygen atoms in total. The van der Waals surface area contributed by atoms with Gasteiger partial charge in [0.1, 0.15) is 5.82 Å². The summed E-state index contributed by atoms with van der Waals surface area (Å²) < 4.78 is 1.85. The Morgan fingerprint density at radius 3 is 2.40 bits per heavy atom. The van der Waals surface area contributed by atoms with E-state index in [1.165, 1.54) is 0 Å². The molecule has 0 aliphatic heterocycles. The van der Waals surface area contributed by atoms with Gasteiger partial charge >= 0.3 is 5.97 Å². The normalized spacial score (nSPS) is 10.9. The quantitative estimate of drug-likeness (QED) is 0.479. The average Bonchev–Trinajstić information content (AvgIpc) is 3.15. The molecule has 0 bridgehead atoms. The van der Waals surface area contributed by atoms with E-state index < -0.39 is 5.97 Å². The highest BCUT2D eigenvalue weighted by Crippen LogP contribution is 2.24. The summed E-state index contributed by atoms with van der Waals surface area (Å²) in [5.74, 6) is 0.120. The number of carbonyl (C=O) groups is 2. The van der Waals surface area contributed by atoms with Crippen LogP contribution < -0.4 is 0 Å². The molecule has 156 valence electrons. The number of unbranched alkanes of at least 4 members (excludes halogenated alkanes) is 1. The number of Topliss-reactive ketones (excluding diaryl/α,β-unsaturated/α-hetero) is 1. The summed E-state index contributed by atoms with van der Waals surface area (Å²) in [6.07, 6.45) is 3.81. The number of hydrogen-bond donors (Lipinski definition) is 1.